The number of hydrogen-bond donors (Lipinski definition) is 2. The predicted octanol–water partition coefficient (Wildman–Crippen LogP) is 5.02. The number of amides is 1. The maximum atomic E-state index is 13.8. The van der Waals surface area contributed by atoms with Crippen molar-refractivity contribution in [3.63, 3.8) is 0 Å². The first kappa shape index (κ1) is 28.1. The van der Waals surface area contributed by atoms with Crippen molar-refractivity contribution in [2.24, 2.45) is 11.8 Å². The molecule has 0 radical (unpaired) electrons. The number of anilines is 2. The summed E-state index contributed by atoms with van der Waals surface area (Å²) < 4.78 is 35.6. The molecule has 9 heteroatoms. The number of hydrogen-bond acceptors (Lipinski definition) is 6. The summed E-state index contributed by atoms with van der Waals surface area (Å²) in [4.78, 5) is 27.4. The van der Waals surface area contributed by atoms with Gasteiger partial charge in [0, 0.05) is 30.7 Å². The molecular formula is C29H39N3O5S. The van der Waals surface area contributed by atoms with Crippen LogP contribution in [-0.2, 0) is 24.3 Å². The molecule has 1 heterocycles. The number of ether oxygens (including phenoxy) is 1. The predicted molar refractivity (Wildman–Crippen MR) is 148 cm³/mol. The van der Waals surface area contributed by atoms with Crippen LogP contribution in [0.25, 0.3) is 0 Å². The quantitative estimate of drug-likeness (QED) is 0.432. The second-order valence-corrected chi connectivity index (χ2v) is 12.0. The highest BCUT2D eigenvalue weighted by Crippen LogP contribution is 2.34. The lowest BCUT2D eigenvalue weighted by Crippen LogP contribution is -2.40. The number of carbonyl (C=O) groups excluding carboxylic acids is 2. The molecule has 2 aliphatic rings. The smallest absolute Gasteiger partial charge is 0.310 e. The van der Waals surface area contributed by atoms with E-state index in [-0.39, 0.29) is 28.6 Å². The summed E-state index contributed by atoms with van der Waals surface area (Å²) in [6, 6.07) is 14.0. The molecule has 2 aromatic rings. The van der Waals surface area contributed by atoms with Gasteiger partial charge in [0.15, 0.2) is 0 Å². The average molecular weight is 542 g/mol. The van der Waals surface area contributed by atoms with Crippen molar-refractivity contribution in [1.29, 1.82) is 0 Å². The summed E-state index contributed by atoms with van der Waals surface area (Å²) in [5.41, 5.74) is 1.82. The van der Waals surface area contributed by atoms with Crippen LogP contribution in [-0.4, -0.2) is 40.0 Å². The fourth-order valence-electron chi connectivity index (χ4n) is 5.43. The molecule has 2 atom stereocenters. The Balaban J connectivity index is 1.64. The fourth-order valence-corrected chi connectivity index (χ4v) is 6.91. The van der Waals surface area contributed by atoms with E-state index < -0.39 is 16.1 Å². The average Bonchev–Trinajstić information content (AvgIpc) is 2.94. The number of carbonyl (C=O) groups is 2. The number of rotatable bonds is 9. The van der Waals surface area contributed by atoms with Gasteiger partial charge in [-0.25, -0.2) is 13.1 Å². The van der Waals surface area contributed by atoms with Gasteiger partial charge < -0.3 is 15.0 Å². The van der Waals surface area contributed by atoms with Crippen LogP contribution in [0.4, 0.5) is 11.4 Å². The molecule has 4 rings (SSSR count). The minimum Gasteiger partial charge on any atom is -0.466 e. The summed E-state index contributed by atoms with van der Waals surface area (Å²) in [7, 11) is -3.98. The molecule has 2 aromatic carbocycles. The molecule has 0 aromatic heterocycles. The van der Waals surface area contributed by atoms with E-state index in [2.05, 4.69) is 10.0 Å². The van der Waals surface area contributed by atoms with Crippen LogP contribution in [0, 0.1) is 11.8 Å². The normalized spacial score (nSPS) is 19.5. The van der Waals surface area contributed by atoms with Gasteiger partial charge >= 0.3 is 5.97 Å². The molecule has 8 nitrogen and oxygen atoms in total. The van der Waals surface area contributed by atoms with Crippen LogP contribution in [0.3, 0.4) is 0 Å². The molecule has 1 aliphatic carbocycles. The summed E-state index contributed by atoms with van der Waals surface area (Å²) >= 11 is 0. The third-order valence-corrected chi connectivity index (χ3v) is 9.08. The Labute approximate surface area is 226 Å². The lowest BCUT2D eigenvalue weighted by Gasteiger charge is -2.34. The van der Waals surface area contributed by atoms with Crippen LogP contribution in [0.2, 0.25) is 0 Å². The van der Waals surface area contributed by atoms with Crippen LogP contribution in [0.15, 0.2) is 53.4 Å². The Morgan fingerprint density at radius 3 is 2.42 bits per heavy atom. The Bertz CT molecular complexity index is 1210. The Morgan fingerprint density at radius 2 is 1.71 bits per heavy atom. The Hall–Kier alpha value is -2.91. The summed E-state index contributed by atoms with van der Waals surface area (Å²) in [5.74, 6) is -0.686. The van der Waals surface area contributed by atoms with E-state index in [4.69, 9.17) is 4.74 Å². The van der Waals surface area contributed by atoms with Crippen molar-refractivity contribution in [2.75, 3.05) is 29.9 Å². The second kappa shape index (κ2) is 12.8. The molecule has 2 unspecified atom stereocenters. The number of sulfonamides is 1. The number of piperidine rings is 1. The molecule has 206 valence electrons. The largest absolute Gasteiger partial charge is 0.466 e. The van der Waals surface area contributed by atoms with Crippen LogP contribution < -0.4 is 14.9 Å². The minimum absolute atomic E-state index is 0.0489. The zero-order valence-corrected chi connectivity index (χ0v) is 23.1. The summed E-state index contributed by atoms with van der Waals surface area (Å²) in [6.07, 6.45) is 6.38. The fraction of sp³-hybridized carbons (Fsp3) is 0.517. The van der Waals surface area contributed by atoms with Crippen molar-refractivity contribution in [2.45, 2.75) is 69.7 Å². The third-order valence-electron chi connectivity index (χ3n) is 7.51. The van der Waals surface area contributed by atoms with Gasteiger partial charge in [-0.05, 0) is 63.3 Å². The van der Waals surface area contributed by atoms with Gasteiger partial charge in [-0.15, -0.1) is 0 Å². The maximum absolute atomic E-state index is 13.8. The number of nitrogens with one attached hydrogen (secondary N) is 2. The van der Waals surface area contributed by atoms with E-state index in [0.29, 0.717) is 37.5 Å². The maximum Gasteiger partial charge on any atom is 0.310 e. The minimum atomic E-state index is -3.98. The highest BCUT2D eigenvalue weighted by molar-refractivity contribution is 7.89. The molecule has 1 amide bonds. The van der Waals surface area contributed by atoms with E-state index in [1.165, 1.54) is 0 Å². The van der Waals surface area contributed by atoms with Crippen molar-refractivity contribution < 1.29 is 22.7 Å². The van der Waals surface area contributed by atoms with Gasteiger partial charge in [0.05, 0.1) is 18.2 Å². The summed E-state index contributed by atoms with van der Waals surface area (Å²) in [5, 5.41) is 2.96. The number of benzene rings is 2. The third kappa shape index (κ3) is 6.94. The highest BCUT2D eigenvalue weighted by atomic mass is 32.2. The van der Waals surface area contributed by atoms with Crippen molar-refractivity contribution in [1.82, 2.24) is 4.72 Å². The van der Waals surface area contributed by atoms with Gasteiger partial charge in [-0.2, -0.15) is 0 Å². The molecule has 1 saturated heterocycles. The second-order valence-electron chi connectivity index (χ2n) is 10.3. The topological polar surface area (TPSA) is 105 Å². The Morgan fingerprint density at radius 1 is 1.00 bits per heavy atom. The van der Waals surface area contributed by atoms with Gasteiger partial charge in [-0.3, -0.25) is 9.59 Å². The van der Waals surface area contributed by atoms with E-state index in [1.54, 1.807) is 32.0 Å². The van der Waals surface area contributed by atoms with Crippen LogP contribution in [0.5, 0.6) is 0 Å². The standard InChI is InChI=1S/C29H39N3O5S/c1-3-37-29(34)24-15-10-18-32(20-24)26-17-16-25(30-28(33)23-13-8-5-9-14-23)19-27(26)38(35,36)31-21(2)22-11-6-4-7-12-22/h4,6-7,11-12,16-17,19,21,23-24,31H,3,5,8-10,13-15,18,20H2,1-2H3,(H,30,33). The lowest BCUT2D eigenvalue weighted by molar-refractivity contribution is -0.148. The number of esters is 1. The molecule has 2 fully saturated rings. The van der Waals surface area contributed by atoms with E-state index in [9.17, 15) is 18.0 Å². The zero-order valence-electron chi connectivity index (χ0n) is 22.3. The van der Waals surface area contributed by atoms with E-state index in [0.717, 1.165) is 44.1 Å². The number of nitrogens with zero attached hydrogens (tertiary/aromatic N) is 1. The molecule has 0 bridgehead atoms. The highest BCUT2D eigenvalue weighted by Gasteiger charge is 2.31. The zero-order chi connectivity index (χ0) is 27.1. The van der Waals surface area contributed by atoms with Crippen molar-refractivity contribution >= 4 is 33.3 Å². The molecule has 2 N–H and O–H groups in total. The first-order valence-electron chi connectivity index (χ1n) is 13.7. The van der Waals surface area contributed by atoms with Crippen molar-refractivity contribution in [3.8, 4) is 0 Å². The molecule has 0 spiro atoms. The van der Waals surface area contributed by atoms with E-state index >= 15 is 0 Å². The molecule has 1 saturated carbocycles. The lowest BCUT2D eigenvalue weighted by atomic mass is 9.88. The molecule has 1 aliphatic heterocycles. The monoisotopic (exact) mass is 541 g/mol. The van der Waals surface area contributed by atoms with Gasteiger partial charge in [0.25, 0.3) is 0 Å². The first-order chi connectivity index (χ1) is 18.3. The van der Waals surface area contributed by atoms with Crippen LogP contribution in [0.1, 0.15) is 70.4 Å². The van der Waals surface area contributed by atoms with Gasteiger partial charge in [0.2, 0.25) is 15.9 Å². The van der Waals surface area contributed by atoms with Gasteiger partial charge in [-0.1, -0.05) is 49.6 Å². The van der Waals surface area contributed by atoms with E-state index in [1.807, 2.05) is 35.2 Å². The van der Waals surface area contributed by atoms with Gasteiger partial charge in [0.1, 0.15) is 4.90 Å². The Kier molecular flexibility index (Phi) is 9.44. The van der Waals surface area contributed by atoms with Crippen molar-refractivity contribution in [3.05, 3.63) is 54.1 Å². The SMILES string of the molecule is CCOC(=O)C1CCCN(c2ccc(NC(=O)C3CCCCC3)cc2S(=O)(=O)NC(C)c2ccccc2)C1. The van der Waals surface area contributed by atoms with Crippen LogP contribution >= 0.6 is 0 Å². The summed E-state index contributed by atoms with van der Waals surface area (Å²) in [6.45, 7) is 4.90. The molecular weight excluding hydrogens is 502 g/mol. The molecule has 38 heavy (non-hydrogen) atoms. The first-order valence-corrected chi connectivity index (χ1v) is 15.2.